The molecule has 1 heterocycles. The second-order valence-corrected chi connectivity index (χ2v) is 1.73. The number of nitrogens with one attached hydrogen (secondary N) is 3. The Kier molecular flexibility index (Phi) is 4.83. The fraction of sp³-hybridized carbons (Fsp3) is 0. The maximum absolute atomic E-state index is 8.36. The van der Waals surface area contributed by atoms with Crippen molar-refractivity contribution < 1.29 is 9.90 Å². The minimum Gasteiger partial charge on any atom is -0.483 e. The average molecular weight is 170 g/mol. The van der Waals surface area contributed by atoms with Gasteiger partial charge in [0, 0.05) is 6.20 Å². The van der Waals surface area contributed by atoms with Gasteiger partial charge < -0.3 is 21.1 Å². The molecule has 6 heteroatoms. The van der Waals surface area contributed by atoms with Crippen LogP contribution < -0.4 is 11.1 Å². The first-order valence-corrected chi connectivity index (χ1v) is 3.03. The zero-order chi connectivity index (χ0) is 9.40. The second kappa shape index (κ2) is 5.78. The summed E-state index contributed by atoms with van der Waals surface area (Å²) in [6.07, 6.45) is 1.76. The number of anilines is 1. The predicted octanol–water partition coefficient (Wildman–Crippen LogP) is 0.0209. The molecule has 0 saturated carbocycles. The van der Waals surface area contributed by atoms with Gasteiger partial charge in [-0.15, -0.1) is 0 Å². The molecule has 66 valence electrons. The summed E-state index contributed by atoms with van der Waals surface area (Å²) in [6, 6.07) is 3.62. The highest BCUT2D eigenvalue weighted by Crippen LogP contribution is 1.98. The number of aromatic amines is 1. The van der Waals surface area contributed by atoms with E-state index in [1.807, 2.05) is 6.07 Å². The van der Waals surface area contributed by atoms with Gasteiger partial charge in [-0.2, -0.15) is 0 Å². The zero-order valence-electron chi connectivity index (χ0n) is 6.24. The van der Waals surface area contributed by atoms with Crippen molar-refractivity contribution in [2.75, 3.05) is 5.32 Å². The van der Waals surface area contributed by atoms with E-state index in [-0.39, 0.29) is 12.4 Å². The van der Waals surface area contributed by atoms with E-state index in [1.54, 1.807) is 12.3 Å². The number of carboxylic acid groups (broad SMARTS) is 1. The number of guanidine groups is 1. The van der Waals surface area contributed by atoms with E-state index in [0.29, 0.717) is 0 Å². The first-order valence-electron chi connectivity index (χ1n) is 3.03. The number of aromatic nitrogens is 1. The topological polar surface area (TPSA) is 115 Å². The van der Waals surface area contributed by atoms with Gasteiger partial charge in [0.1, 0.15) is 5.82 Å². The van der Waals surface area contributed by atoms with Gasteiger partial charge in [0.25, 0.3) is 6.47 Å². The van der Waals surface area contributed by atoms with E-state index in [9.17, 15) is 0 Å². The maximum Gasteiger partial charge on any atom is 0.290 e. The van der Waals surface area contributed by atoms with Crippen molar-refractivity contribution in [3.8, 4) is 0 Å². The van der Waals surface area contributed by atoms with Crippen LogP contribution in [-0.4, -0.2) is 22.5 Å². The molecule has 1 rings (SSSR count). The smallest absolute Gasteiger partial charge is 0.290 e. The summed E-state index contributed by atoms with van der Waals surface area (Å²) in [6.45, 7) is -0.250. The molecule has 0 radical (unpaired) electrons. The molecule has 0 fully saturated rings. The zero-order valence-corrected chi connectivity index (χ0v) is 6.24. The molecule has 0 saturated heterocycles. The molecule has 0 aliphatic rings. The van der Waals surface area contributed by atoms with Crippen molar-refractivity contribution >= 4 is 18.2 Å². The Labute approximate surface area is 68.9 Å². The third-order valence-electron chi connectivity index (χ3n) is 0.867. The third-order valence-corrected chi connectivity index (χ3v) is 0.867. The van der Waals surface area contributed by atoms with Gasteiger partial charge in [-0.05, 0) is 12.1 Å². The molecule has 6 N–H and O–H groups in total. The summed E-state index contributed by atoms with van der Waals surface area (Å²) in [5.41, 5.74) is 5.04. The molecule has 0 spiro atoms. The molecule has 0 aliphatic heterocycles. The molecule has 1 aromatic heterocycles. The van der Waals surface area contributed by atoms with Crippen LogP contribution in [0, 0.1) is 5.41 Å². The lowest BCUT2D eigenvalue weighted by molar-refractivity contribution is -0.122. The normalized spacial score (nSPS) is 7.67. The average Bonchev–Trinajstić information content (AvgIpc) is 2.40. The maximum atomic E-state index is 8.36. The van der Waals surface area contributed by atoms with Crippen molar-refractivity contribution in [1.82, 2.24) is 4.98 Å². The van der Waals surface area contributed by atoms with Crippen LogP contribution in [0.4, 0.5) is 5.82 Å². The molecule has 6 nitrogen and oxygen atoms in total. The van der Waals surface area contributed by atoms with Crippen LogP contribution in [0.5, 0.6) is 0 Å². The number of rotatable bonds is 1. The number of carbonyl (C=O) groups is 1. The van der Waals surface area contributed by atoms with Gasteiger partial charge >= 0.3 is 0 Å². The molecule has 0 aromatic carbocycles. The van der Waals surface area contributed by atoms with E-state index in [4.69, 9.17) is 21.0 Å². The fourth-order valence-electron chi connectivity index (χ4n) is 0.553. The van der Waals surface area contributed by atoms with Crippen molar-refractivity contribution in [2.45, 2.75) is 0 Å². The standard InChI is InChI=1S/C5H8N4.CH2O2/c6-5(7)9-4-2-1-3-8-4;2-1-3/h1-3,8H,(H4,6,7,9);1H,(H,2,3). The molecular formula is C6H10N4O2. The Morgan fingerprint density at radius 3 is 2.75 bits per heavy atom. The summed E-state index contributed by atoms with van der Waals surface area (Å²) in [7, 11) is 0. The second-order valence-electron chi connectivity index (χ2n) is 1.73. The van der Waals surface area contributed by atoms with Crippen LogP contribution in [0.2, 0.25) is 0 Å². The van der Waals surface area contributed by atoms with Crippen molar-refractivity contribution in [2.24, 2.45) is 5.73 Å². The van der Waals surface area contributed by atoms with Gasteiger partial charge in [0.15, 0.2) is 5.96 Å². The molecule has 0 bridgehead atoms. The monoisotopic (exact) mass is 170 g/mol. The molecule has 0 atom stereocenters. The summed E-state index contributed by atoms with van der Waals surface area (Å²) in [4.78, 5) is 11.2. The lowest BCUT2D eigenvalue weighted by Crippen LogP contribution is -2.20. The first-order chi connectivity index (χ1) is 5.70. The fourth-order valence-corrected chi connectivity index (χ4v) is 0.553. The lowest BCUT2D eigenvalue weighted by atomic mass is 10.6. The molecular weight excluding hydrogens is 160 g/mol. The largest absolute Gasteiger partial charge is 0.483 e. The van der Waals surface area contributed by atoms with Crippen LogP contribution in [0.25, 0.3) is 0 Å². The van der Waals surface area contributed by atoms with Gasteiger partial charge in [-0.1, -0.05) is 0 Å². The number of H-pyrrole nitrogens is 1. The number of hydrogen-bond donors (Lipinski definition) is 5. The van der Waals surface area contributed by atoms with Crippen molar-refractivity contribution in [3.05, 3.63) is 18.3 Å². The van der Waals surface area contributed by atoms with Crippen LogP contribution >= 0.6 is 0 Å². The summed E-state index contributed by atoms with van der Waals surface area (Å²) in [5.74, 6) is 0.681. The van der Waals surface area contributed by atoms with Gasteiger partial charge in [0.05, 0.1) is 0 Å². The molecule has 0 unspecified atom stereocenters. The van der Waals surface area contributed by atoms with Crippen molar-refractivity contribution in [1.29, 1.82) is 5.41 Å². The Morgan fingerprint density at radius 2 is 2.42 bits per heavy atom. The van der Waals surface area contributed by atoms with E-state index in [2.05, 4.69) is 10.3 Å². The predicted molar refractivity (Wildman–Crippen MR) is 45.0 cm³/mol. The van der Waals surface area contributed by atoms with Crippen LogP contribution in [-0.2, 0) is 4.79 Å². The van der Waals surface area contributed by atoms with Gasteiger partial charge in [-0.25, -0.2) is 0 Å². The summed E-state index contributed by atoms with van der Waals surface area (Å²) >= 11 is 0. The highest BCUT2D eigenvalue weighted by molar-refractivity contribution is 5.88. The van der Waals surface area contributed by atoms with Crippen LogP contribution in [0.1, 0.15) is 0 Å². The molecule has 0 amide bonds. The SMILES string of the molecule is N=C(N)Nc1ccc[nH]1.O=CO. The van der Waals surface area contributed by atoms with E-state index >= 15 is 0 Å². The number of nitrogens with two attached hydrogens (primary N) is 1. The van der Waals surface area contributed by atoms with E-state index in [1.165, 1.54) is 0 Å². The molecule has 1 aromatic rings. The highest BCUT2D eigenvalue weighted by Gasteiger charge is 1.88. The summed E-state index contributed by atoms with van der Waals surface area (Å²) in [5, 5.41) is 16.3. The Bertz CT molecular complexity index is 232. The molecule has 0 aliphatic carbocycles. The lowest BCUT2D eigenvalue weighted by Gasteiger charge is -1.96. The third kappa shape index (κ3) is 4.86. The van der Waals surface area contributed by atoms with Crippen LogP contribution in [0.3, 0.4) is 0 Å². The quantitative estimate of drug-likeness (QED) is 0.232. The minimum absolute atomic E-state index is 0.0579. The van der Waals surface area contributed by atoms with Gasteiger partial charge in [0.2, 0.25) is 0 Å². The number of hydrogen-bond acceptors (Lipinski definition) is 2. The van der Waals surface area contributed by atoms with E-state index in [0.717, 1.165) is 5.82 Å². The van der Waals surface area contributed by atoms with Crippen molar-refractivity contribution in [3.63, 3.8) is 0 Å². The molecule has 12 heavy (non-hydrogen) atoms. The summed E-state index contributed by atoms with van der Waals surface area (Å²) < 4.78 is 0. The minimum atomic E-state index is -0.250. The highest BCUT2D eigenvalue weighted by atomic mass is 16.3. The van der Waals surface area contributed by atoms with E-state index < -0.39 is 0 Å². The first kappa shape index (κ1) is 10.0. The Hall–Kier alpha value is -1.98. The van der Waals surface area contributed by atoms with Crippen LogP contribution in [0.15, 0.2) is 18.3 Å². The van der Waals surface area contributed by atoms with Gasteiger partial charge in [-0.3, -0.25) is 10.2 Å². The Morgan fingerprint density at radius 1 is 1.83 bits per heavy atom. The Balaban J connectivity index is 0.000000354.